The van der Waals surface area contributed by atoms with E-state index in [9.17, 15) is 4.79 Å². The summed E-state index contributed by atoms with van der Waals surface area (Å²) < 4.78 is 0. The normalized spacial score (nSPS) is 9.94. The van der Waals surface area contributed by atoms with Crippen molar-refractivity contribution in [2.75, 3.05) is 18.0 Å². The minimum absolute atomic E-state index is 0.0195. The zero-order chi connectivity index (χ0) is 12.1. The summed E-state index contributed by atoms with van der Waals surface area (Å²) >= 11 is 0. The molecule has 86 valence electrons. The first-order valence-corrected chi connectivity index (χ1v) is 5.65. The van der Waals surface area contributed by atoms with E-state index in [4.69, 9.17) is 0 Å². The van der Waals surface area contributed by atoms with Crippen LogP contribution in [0.4, 0.5) is 5.69 Å². The van der Waals surface area contributed by atoms with Crippen molar-refractivity contribution in [1.29, 1.82) is 0 Å². The quantitative estimate of drug-likeness (QED) is 0.557. The second-order valence-corrected chi connectivity index (χ2v) is 3.83. The standard InChI is InChI=1S/C14H19NO/c1-5-15(6-2)13-9-7-12(8-10-13)14(16)11(3)4/h7-10H,3,5-6H2,1-2,4H3. The van der Waals surface area contributed by atoms with Crippen LogP contribution in [0.15, 0.2) is 36.4 Å². The molecule has 0 heterocycles. The summed E-state index contributed by atoms with van der Waals surface area (Å²) in [5.74, 6) is 0.0195. The average molecular weight is 217 g/mol. The fourth-order valence-corrected chi connectivity index (χ4v) is 1.66. The number of hydrogen-bond donors (Lipinski definition) is 0. The Balaban J connectivity index is 2.90. The Labute approximate surface area is 97.6 Å². The Kier molecular flexibility index (Phi) is 4.29. The van der Waals surface area contributed by atoms with Crippen LogP contribution in [0.2, 0.25) is 0 Å². The summed E-state index contributed by atoms with van der Waals surface area (Å²) in [7, 11) is 0. The number of allylic oxidation sites excluding steroid dienone is 1. The molecule has 2 nitrogen and oxygen atoms in total. The molecule has 1 aromatic carbocycles. The van der Waals surface area contributed by atoms with Gasteiger partial charge in [-0.25, -0.2) is 0 Å². The molecule has 0 amide bonds. The molecule has 1 aromatic rings. The first-order chi connectivity index (χ1) is 7.60. The largest absolute Gasteiger partial charge is 0.372 e. The Morgan fingerprint density at radius 2 is 1.69 bits per heavy atom. The number of carbonyl (C=O) groups excluding carboxylic acids is 1. The predicted molar refractivity (Wildman–Crippen MR) is 69.1 cm³/mol. The fourth-order valence-electron chi connectivity index (χ4n) is 1.66. The number of carbonyl (C=O) groups is 1. The molecule has 0 aliphatic rings. The van der Waals surface area contributed by atoms with Crippen molar-refractivity contribution in [2.45, 2.75) is 20.8 Å². The maximum absolute atomic E-state index is 11.7. The number of nitrogens with zero attached hydrogens (tertiary/aromatic N) is 1. The van der Waals surface area contributed by atoms with Gasteiger partial charge in [0.1, 0.15) is 0 Å². The molecule has 2 heteroatoms. The second kappa shape index (κ2) is 5.50. The highest BCUT2D eigenvalue weighted by molar-refractivity contribution is 6.07. The van der Waals surface area contributed by atoms with E-state index in [1.807, 2.05) is 24.3 Å². The monoisotopic (exact) mass is 217 g/mol. The minimum Gasteiger partial charge on any atom is -0.372 e. The molecule has 16 heavy (non-hydrogen) atoms. The number of Topliss-reactive ketones (excluding diaryl/α,β-unsaturated/α-hetero) is 1. The van der Waals surface area contributed by atoms with Crippen LogP contribution in [0.25, 0.3) is 0 Å². The molecule has 0 radical (unpaired) electrons. The number of benzene rings is 1. The molecule has 1 rings (SSSR count). The van der Waals surface area contributed by atoms with Gasteiger partial charge in [-0.3, -0.25) is 4.79 Å². The molecule has 0 fully saturated rings. The van der Waals surface area contributed by atoms with Crippen LogP contribution in [0, 0.1) is 0 Å². The number of rotatable bonds is 5. The highest BCUT2D eigenvalue weighted by Crippen LogP contribution is 2.16. The highest BCUT2D eigenvalue weighted by Gasteiger charge is 2.07. The van der Waals surface area contributed by atoms with Crippen molar-refractivity contribution >= 4 is 11.5 Å². The van der Waals surface area contributed by atoms with Gasteiger partial charge < -0.3 is 4.90 Å². The van der Waals surface area contributed by atoms with Gasteiger partial charge in [-0.2, -0.15) is 0 Å². The Morgan fingerprint density at radius 1 is 1.19 bits per heavy atom. The van der Waals surface area contributed by atoms with Gasteiger partial charge in [0.15, 0.2) is 5.78 Å². The van der Waals surface area contributed by atoms with Crippen molar-refractivity contribution < 1.29 is 4.79 Å². The van der Waals surface area contributed by atoms with E-state index in [0.717, 1.165) is 18.8 Å². The molecule has 0 saturated carbocycles. The van der Waals surface area contributed by atoms with Crippen LogP contribution in [0.1, 0.15) is 31.1 Å². The van der Waals surface area contributed by atoms with Crippen molar-refractivity contribution in [2.24, 2.45) is 0 Å². The lowest BCUT2D eigenvalue weighted by molar-refractivity contribution is 0.103. The number of anilines is 1. The lowest BCUT2D eigenvalue weighted by atomic mass is 10.1. The summed E-state index contributed by atoms with van der Waals surface area (Å²) in [6.07, 6.45) is 0. The lowest BCUT2D eigenvalue weighted by Gasteiger charge is -2.20. The molecular formula is C14H19NO. The van der Waals surface area contributed by atoms with Crippen LogP contribution in [0.3, 0.4) is 0 Å². The van der Waals surface area contributed by atoms with E-state index >= 15 is 0 Å². The fraction of sp³-hybridized carbons (Fsp3) is 0.357. The number of hydrogen-bond acceptors (Lipinski definition) is 2. The first kappa shape index (κ1) is 12.5. The second-order valence-electron chi connectivity index (χ2n) is 3.83. The van der Waals surface area contributed by atoms with Gasteiger partial charge in [0, 0.05) is 24.3 Å². The smallest absolute Gasteiger partial charge is 0.188 e. The Morgan fingerprint density at radius 3 is 2.06 bits per heavy atom. The van der Waals surface area contributed by atoms with Crippen molar-refractivity contribution in [3.05, 3.63) is 42.0 Å². The molecule has 0 saturated heterocycles. The van der Waals surface area contributed by atoms with E-state index in [-0.39, 0.29) is 5.78 Å². The Hall–Kier alpha value is -1.57. The number of ketones is 1. The van der Waals surface area contributed by atoms with E-state index < -0.39 is 0 Å². The summed E-state index contributed by atoms with van der Waals surface area (Å²) in [6.45, 7) is 11.6. The molecule has 0 N–H and O–H groups in total. The van der Waals surface area contributed by atoms with E-state index in [1.54, 1.807) is 6.92 Å². The predicted octanol–water partition coefficient (Wildman–Crippen LogP) is 3.29. The molecule has 0 aliphatic heterocycles. The molecule has 0 aromatic heterocycles. The van der Waals surface area contributed by atoms with Gasteiger partial charge in [-0.05, 0) is 50.6 Å². The third-order valence-corrected chi connectivity index (χ3v) is 2.65. The topological polar surface area (TPSA) is 20.3 Å². The minimum atomic E-state index is 0.0195. The molecule has 0 atom stereocenters. The van der Waals surface area contributed by atoms with Gasteiger partial charge in [-0.15, -0.1) is 0 Å². The first-order valence-electron chi connectivity index (χ1n) is 5.65. The van der Waals surface area contributed by atoms with Crippen LogP contribution in [-0.4, -0.2) is 18.9 Å². The maximum Gasteiger partial charge on any atom is 0.188 e. The van der Waals surface area contributed by atoms with E-state index in [1.165, 1.54) is 0 Å². The molecule has 0 unspecified atom stereocenters. The van der Waals surface area contributed by atoms with E-state index in [0.29, 0.717) is 11.1 Å². The van der Waals surface area contributed by atoms with Crippen LogP contribution in [-0.2, 0) is 0 Å². The summed E-state index contributed by atoms with van der Waals surface area (Å²) in [4.78, 5) is 13.9. The van der Waals surface area contributed by atoms with Crippen LogP contribution >= 0.6 is 0 Å². The highest BCUT2D eigenvalue weighted by atomic mass is 16.1. The summed E-state index contributed by atoms with van der Waals surface area (Å²) in [5.41, 5.74) is 2.45. The molecule has 0 bridgehead atoms. The maximum atomic E-state index is 11.7. The molecule has 0 aliphatic carbocycles. The molecule has 0 spiro atoms. The summed E-state index contributed by atoms with van der Waals surface area (Å²) in [6, 6.07) is 7.71. The van der Waals surface area contributed by atoms with E-state index in [2.05, 4.69) is 25.3 Å². The van der Waals surface area contributed by atoms with Gasteiger partial charge >= 0.3 is 0 Å². The van der Waals surface area contributed by atoms with Crippen molar-refractivity contribution in [3.63, 3.8) is 0 Å². The van der Waals surface area contributed by atoms with Crippen LogP contribution in [0.5, 0.6) is 0 Å². The molecular weight excluding hydrogens is 198 g/mol. The van der Waals surface area contributed by atoms with Gasteiger partial charge in [0.2, 0.25) is 0 Å². The third kappa shape index (κ3) is 2.72. The van der Waals surface area contributed by atoms with Gasteiger partial charge in [-0.1, -0.05) is 6.58 Å². The van der Waals surface area contributed by atoms with Crippen LogP contribution < -0.4 is 4.90 Å². The van der Waals surface area contributed by atoms with Gasteiger partial charge in [0.05, 0.1) is 0 Å². The Bertz CT molecular complexity index is 374. The van der Waals surface area contributed by atoms with Crippen molar-refractivity contribution in [3.8, 4) is 0 Å². The van der Waals surface area contributed by atoms with Gasteiger partial charge in [0.25, 0.3) is 0 Å². The summed E-state index contributed by atoms with van der Waals surface area (Å²) in [5, 5.41) is 0. The zero-order valence-electron chi connectivity index (χ0n) is 10.3. The SMILES string of the molecule is C=C(C)C(=O)c1ccc(N(CC)CC)cc1. The zero-order valence-corrected chi connectivity index (χ0v) is 10.3. The average Bonchev–Trinajstić information content (AvgIpc) is 2.30. The van der Waals surface area contributed by atoms with Crippen molar-refractivity contribution in [1.82, 2.24) is 0 Å². The lowest BCUT2D eigenvalue weighted by Crippen LogP contribution is -2.21. The third-order valence-electron chi connectivity index (χ3n) is 2.65.